The van der Waals surface area contributed by atoms with Gasteiger partial charge in [0.1, 0.15) is 12.4 Å². The van der Waals surface area contributed by atoms with E-state index in [0.717, 1.165) is 5.56 Å². The first-order valence-electron chi connectivity index (χ1n) is 5.11. The number of amides is 2. The number of halogens is 2. The standard InChI is InChI=1S/C11H14BrFN2O2/c1-7(2)14-11(16)15-17-6-8-3-4-9(13)5-10(8)12/h3-5,7H,6H2,1-2H3,(H2,14,15,16). The molecule has 0 saturated heterocycles. The van der Waals surface area contributed by atoms with Gasteiger partial charge in [-0.1, -0.05) is 22.0 Å². The Morgan fingerprint density at radius 1 is 1.53 bits per heavy atom. The first-order chi connectivity index (χ1) is 7.99. The first-order valence-corrected chi connectivity index (χ1v) is 5.90. The first kappa shape index (κ1) is 13.9. The molecule has 0 spiro atoms. The van der Waals surface area contributed by atoms with E-state index < -0.39 is 6.03 Å². The van der Waals surface area contributed by atoms with Crippen molar-refractivity contribution >= 4 is 22.0 Å². The van der Waals surface area contributed by atoms with E-state index in [-0.39, 0.29) is 18.5 Å². The highest BCUT2D eigenvalue weighted by Crippen LogP contribution is 2.18. The van der Waals surface area contributed by atoms with Gasteiger partial charge >= 0.3 is 6.03 Å². The van der Waals surface area contributed by atoms with Crippen LogP contribution >= 0.6 is 15.9 Å². The van der Waals surface area contributed by atoms with Gasteiger partial charge in [0.2, 0.25) is 0 Å². The van der Waals surface area contributed by atoms with E-state index in [1.165, 1.54) is 12.1 Å². The second-order valence-corrected chi connectivity index (χ2v) is 4.61. The molecule has 0 aromatic heterocycles. The average Bonchev–Trinajstić information content (AvgIpc) is 2.20. The van der Waals surface area contributed by atoms with Crippen LogP contribution in [-0.2, 0) is 11.4 Å². The normalized spacial score (nSPS) is 10.4. The Morgan fingerprint density at radius 3 is 2.82 bits per heavy atom. The molecule has 0 aliphatic rings. The molecule has 0 aliphatic heterocycles. The predicted octanol–water partition coefficient (Wildman–Crippen LogP) is 2.73. The Labute approximate surface area is 108 Å². The molecule has 1 aromatic carbocycles. The van der Waals surface area contributed by atoms with Gasteiger partial charge in [-0.25, -0.2) is 14.7 Å². The van der Waals surface area contributed by atoms with Gasteiger partial charge in [0.15, 0.2) is 0 Å². The number of benzene rings is 1. The Morgan fingerprint density at radius 2 is 2.24 bits per heavy atom. The fourth-order valence-electron chi connectivity index (χ4n) is 1.11. The third kappa shape index (κ3) is 5.14. The van der Waals surface area contributed by atoms with E-state index in [1.807, 2.05) is 13.8 Å². The van der Waals surface area contributed by atoms with Crippen LogP contribution in [0.3, 0.4) is 0 Å². The zero-order valence-corrected chi connectivity index (χ0v) is 11.2. The number of carbonyl (C=O) groups excluding carboxylic acids is 1. The van der Waals surface area contributed by atoms with Crippen molar-refractivity contribution in [1.82, 2.24) is 10.8 Å². The van der Waals surface area contributed by atoms with Crippen LogP contribution in [0.2, 0.25) is 0 Å². The number of urea groups is 1. The van der Waals surface area contributed by atoms with Gasteiger partial charge in [-0.15, -0.1) is 0 Å². The molecule has 17 heavy (non-hydrogen) atoms. The van der Waals surface area contributed by atoms with Crippen molar-refractivity contribution in [2.24, 2.45) is 0 Å². The van der Waals surface area contributed by atoms with Gasteiger partial charge in [0.25, 0.3) is 0 Å². The quantitative estimate of drug-likeness (QED) is 0.840. The smallest absolute Gasteiger partial charge is 0.334 e. The molecular weight excluding hydrogens is 291 g/mol. The van der Waals surface area contributed by atoms with Crippen molar-refractivity contribution in [2.75, 3.05) is 0 Å². The van der Waals surface area contributed by atoms with Crippen molar-refractivity contribution in [1.29, 1.82) is 0 Å². The summed E-state index contributed by atoms with van der Waals surface area (Å²) in [4.78, 5) is 16.2. The van der Waals surface area contributed by atoms with Crippen molar-refractivity contribution in [3.63, 3.8) is 0 Å². The fourth-order valence-corrected chi connectivity index (χ4v) is 1.58. The predicted molar refractivity (Wildman–Crippen MR) is 65.7 cm³/mol. The SMILES string of the molecule is CC(C)NC(=O)NOCc1ccc(F)cc1Br. The van der Waals surface area contributed by atoms with Crippen molar-refractivity contribution in [3.05, 3.63) is 34.1 Å². The monoisotopic (exact) mass is 304 g/mol. The van der Waals surface area contributed by atoms with Gasteiger partial charge in [-0.05, 0) is 31.5 Å². The maximum atomic E-state index is 12.8. The molecule has 2 N–H and O–H groups in total. The summed E-state index contributed by atoms with van der Waals surface area (Å²) in [5.41, 5.74) is 2.99. The molecule has 2 amide bonds. The molecule has 0 saturated carbocycles. The highest BCUT2D eigenvalue weighted by atomic mass is 79.9. The Kier molecular flexibility index (Phi) is 5.37. The minimum Gasteiger partial charge on any atom is -0.334 e. The molecule has 4 nitrogen and oxygen atoms in total. The van der Waals surface area contributed by atoms with E-state index in [4.69, 9.17) is 4.84 Å². The number of hydrogen-bond acceptors (Lipinski definition) is 2. The van der Waals surface area contributed by atoms with Gasteiger partial charge in [0.05, 0.1) is 0 Å². The van der Waals surface area contributed by atoms with Crippen LogP contribution in [0.25, 0.3) is 0 Å². The summed E-state index contributed by atoms with van der Waals surface area (Å²) in [5.74, 6) is -0.328. The van der Waals surface area contributed by atoms with Gasteiger partial charge in [-0.3, -0.25) is 4.84 Å². The third-order valence-corrected chi connectivity index (χ3v) is 2.57. The molecule has 0 heterocycles. The molecule has 0 bridgehead atoms. The molecule has 0 radical (unpaired) electrons. The van der Waals surface area contributed by atoms with Crippen LogP contribution in [-0.4, -0.2) is 12.1 Å². The number of hydroxylamine groups is 1. The second kappa shape index (κ2) is 6.56. The zero-order valence-electron chi connectivity index (χ0n) is 9.59. The lowest BCUT2D eigenvalue weighted by Crippen LogP contribution is -2.39. The Bertz CT molecular complexity index is 399. The van der Waals surface area contributed by atoms with Crippen molar-refractivity contribution in [2.45, 2.75) is 26.5 Å². The van der Waals surface area contributed by atoms with Crippen LogP contribution < -0.4 is 10.8 Å². The summed E-state index contributed by atoms with van der Waals surface area (Å²) in [6, 6.07) is 3.89. The molecule has 0 unspecified atom stereocenters. The summed E-state index contributed by atoms with van der Waals surface area (Å²) in [5, 5.41) is 2.61. The summed E-state index contributed by atoms with van der Waals surface area (Å²) in [6.45, 7) is 3.85. The Balaban J connectivity index is 2.38. The van der Waals surface area contributed by atoms with Gasteiger partial charge < -0.3 is 5.32 Å². The number of rotatable bonds is 4. The van der Waals surface area contributed by atoms with Crippen molar-refractivity contribution < 1.29 is 14.0 Å². The van der Waals surface area contributed by atoms with E-state index >= 15 is 0 Å². The summed E-state index contributed by atoms with van der Waals surface area (Å²) < 4.78 is 13.4. The molecule has 0 aliphatic carbocycles. The summed E-state index contributed by atoms with van der Waals surface area (Å²) >= 11 is 3.21. The van der Waals surface area contributed by atoms with E-state index in [1.54, 1.807) is 6.07 Å². The highest BCUT2D eigenvalue weighted by molar-refractivity contribution is 9.10. The maximum absolute atomic E-state index is 12.8. The number of nitrogens with one attached hydrogen (secondary N) is 2. The summed E-state index contributed by atoms with van der Waals surface area (Å²) in [6.07, 6.45) is 0. The molecule has 0 fully saturated rings. The minimum absolute atomic E-state index is 0.0381. The molecular formula is C11H14BrFN2O2. The lowest BCUT2D eigenvalue weighted by Gasteiger charge is -2.10. The van der Waals surface area contributed by atoms with Crippen LogP contribution in [0.1, 0.15) is 19.4 Å². The Hall–Kier alpha value is -1.14. The topological polar surface area (TPSA) is 50.4 Å². The van der Waals surface area contributed by atoms with E-state index in [9.17, 15) is 9.18 Å². The fraction of sp³-hybridized carbons (Fsp3) is 0.364. The van der Waals surface area contributed by atoms with Crippen LogP contribution in [0.15, 0.2) is 22.7 Å². The third-order valence-electron chi connectivity index (χ3n) is 1.83. The van der Waals surface area contributed by atoms with Gasteiger partial charge in [-0.2, -0.15) is 0 Å². The molecule has 94 valence electrons. The highest BCUT2D eigenvalue weighted by Gasteiger charge is 2.04. The lowest BCUT2D eigenvalue weighted by atomic mass is 10.2. The van der Waals surface area contributed by atoms with Crippen molar-refractivity contribution in [3.8, 4) is 0 Å². The zero-order chi connectivity index (χ0) is 12.8. The summed E-state index contributed by atoms with van der Waals surface area (Å²) in [7, 11) is 0. The van der Waals surface area contributed by atoms with E-state index in [0.29, 0.717) is 4.47 Å². The second-order valence-electron chi connectivity index (χ2n) is 3.75. The van der Waals surface area contributed by atoms with Gasteiger partial charge in [0, 0.05) is 10.5 Å². The van der Waals surface area contributed by atoms with Crippen LogP contribution in [0, 0.1) is 5.82 Å². The largest absolute Gasteiger partial charge is 0.338 e. The van der Waals surface area contributed by atoms with Crippen LogP contribution in [0.5, 0.6) is 0 Å². The maximum Gasteiger partial charge on any atom is 0.338 e. The number of carbonyl (C=O) groups is 1. The van der Waals surface area contributed by atoms with E-state index in [2.05, 4.69) is 26.7 Å². The number of hydrogen-bond donors (Lipinski definition) is 2. The average molecular weight is 305 g/mol. The molecule has 1 aromatic rings. The lowest BCUT2D eigenvalue weighted by molar-refractivity contribution is 0.0481. The molecule has 0 atom stereocenters. The van der Waals surface area contributed by atoms with Crippen LogP contribution in [0.4, 0.5) is 9.18 Å². The minimum atomic E-state index is -0.404. The molecule has 6 heteroatoms. The molecule has 1 rings (SSSR count).